The number of fused-ring (bicyclic) bond motifs is 1. The van der Waals surface area contributed by atoms with E-state index in [2.05, 4.69) is 27.0 Å². The standard InChI is InChI=1S/C25H28N4O3S/c1-17-7-5-6-10-20(17)26-23(30)15-33-25-28-27-24(19-8-3-2-4-9-19)29(25)14-18-11-12-21-22(13-18)32-16-31-21/h2-4,8-9,11-13,17,20H,5-7,10,14-16H2,1H3,(H,26,30). The van der Waals surface area contributed by atoms with Crippen LogP contribution in [0.15, 0.2) is 53.7 Å². The lowest BCUT2D eigenvalue weighted by Crippen LogP contribution is -2.41. The highest BCUT2D eigenvalue weighted by molar-refractivity contribution is 7.99. The number of carbonyl (C=O) groups is 1. The lowest BCUT2D eigenvalue weighted by atomic mass is 9.86. The van der Waals surface area contributed by atoms with Crippen molar-refractivity contribution >= 4 is 17.7 Å². The number of hydrogen-bond donors (Lipinski definition) is 1. The number of benzene rings is 2. The molecule has 0 bridgehead atoms. The van der Waals surface area contributed by atoms with Crippen LogP contribution in [0.3, 0.4) is 0 Å². The summed E-state index contributed by atoms with van der Waals surface area (Å²) in [6.45, 7) is 3.04. The maximum Gasteiger partial charge on any atom is 0.231 e. The summed E-state index contributed by atoms with van der Waals surface area (Å²) in [7, 11) is 0. The first kappa shape index (κ1) is 21.8. The zero-order chi connectivity index (χ0) is 22.6. The summed E-state index contributed by atoms with van der Waals surface area (Å²) in [5.74, 6) is 3.19. The first-order valence-electron chi connectivity index (χ1n) is 11.5. The topological polar surface area (TPSA) is 78.3 Å². The second-order valence-electron chi connectivity index (χ2n) is 8.67. The molecule has 2 aliphatic rings. The molecule has 2 atom stereocenters. The Hall–Kier alpha value is -3.00. The van der Waals surface area contributed by atoms with Crippen molar-refractivity contribution in [1.29, 1.82) is 0 Å². The molecule has 2 unspecified atom stereocenters. The van der Waals surface area contributed by atoms with E-state index >= 15 is 0 Å². The van der Waals surface area contributed by atoms with E-state index in [4.69, 9.17) is 9.47 Å². The predicted molar refractivity (Wildman–Crippen MR) is 127 cm³/mol. The van der Waals surface area contributed by atoms with Gasteiger partial charge < -0.3 is 14.8 Å². The first-order chi connectivity index (χ1) is 16.2. The monoisotopic (exact) mass is 464 g/mol. The summed E-state index contributed by atoms with van der Waals surface area (Å²) < 4.78 is 13.0. The average Bonchev–Trinajstić information content (AvgIpc) is 3.46. The van der Waals surface area contributed by atoms with Crippen molar-refractivity contribution in [2.24, 2.45) is 5.92 Å². The van der Waals surface area contributed by atoms with Gasteiger partial charge in [-0.05, 0) is 36.5 Å². The number of carbonyl (C=O) groups excluding carboxylic acids is 1. The molecule has 172 valence electrons. The summed E-state index contributed by atoms with van der Waals surface area (Å²) in [5.41, 5.74) is 2.04. The molecule has 2 heterocycles. The highest BCUT2D eigenvalue weighted by Crippen LogP contribution is 2.34. The first-order valence-corrected chi connectivity index (χ1v) is 12.5. The van der Waals surface area contributed by atoms with Crippen LogP contribution in [0.1, 0.15) is 38.2 Å². The fraction of sp³-hybridized carbons (Fsp3) is 0.400. The van der Waals surface area contributed by atoms with Gasteiger partial charge in [0.15, 0.2) is 22.5 Å². The van der Waals surface area contributed by atoms with Gasteiger partial charge in [-0.2, -0.15) is 0 Å². The second kappa shape index (κ2) is 9.87. The fourth-order valence-electron chi connectivity index (χ4n) is 4.47. The Labute approximate surface area is 197 Å². The molecule has 0 radical (unpaired) electrons. The van der Waals surface area contributed by atoms with E-state index in [1.807, 2.05) is 48.5 Å². The Balaban J connectivity index is 1.34. The third kappa shape index (κ3) is 5.00. The van der Waals surface area contributed by atoms with Crippen molar-refractivity contribution < 1.29 is 14.3 Å². The summed E-state index contributed by atoms with van der Waals surface area (Å²) in [4.78, 5) is 12.7. The molecule has 1 amide bonds. The molecule has 1 aromatic heterocycles. The largest absolute Gasteiger partial charge is 0.454 e. The van der Waals surface area contributed by atoms with Crippen molar-refractivity contribution in [2.45, 2.75) is 50.4 Å². The molecule has 0 saturated heterocycles. The average molecular weight is 465 g/mol. The van der Waals surface area contributed by atoms with Crippen LogP contribution in [0.5, 0.6) is 11.5 Å². The van der Waals surface area contributed by atoms with Gasteiger partial charge in [0.2, 0.25) is 12.7 Å². The third-order valence-electron chi connectivity index (χ3n) is 6.32. The fourth-order valence-corrected chi connectivity index (χ4v) is 5.22. The molecule has 33 heavy (non-hydrogen) atoms. The van der Waals surface area contributed by atoms with Crippen molar-refractivity contribution in [3.63, 3.8) is 0 Å². The summed E-state index contributed by atoms with van der Waals surface area (Å²) in [5, 5.41) is 12.8. The summed E-state index contributed by atoms with van der Waals surface area (Å²) in [6.07, 6.45) is 4.69. The molecule has 5 rings (SSSR count). The molecule has 0 spiro atoms. The molecule has 7 nitrogen and oxygen atoms in total. The quantitative estimate of drug-likeness (QED) is 0.519. The smallest absolute Gasteiger partial charge is 0.231 e. The van der Waals surface area contributed by atoms with Gasteiger partial charge in [-0.3, -0.25) is 9.36 Å². The van der Waals surface area contributed by atoms with E-state index in [1.165, 1.54) is 31.0 Å². The number of nitrogens with one attached hydrogen (secondary N) is 1. The van der Waals surface area contributed by atoms with E-state index in [0.29, 0.717) is 18.2 Å². The zero-order valence-corrected chi connectivity index (χ0v) is 19.5. The van der Waals surface area contributed by atoms with Gasteiger partial charge in [-0.25, -0.2) is 0 Å². The van der Waals surface area contributed by atoms with E-state index < -0.39 is 0 Å². The number of aromatic nitrogens is 3. The summed E-state index contributed by atoms with van der Waals surface area (Å²) >= 11 is 1.43. The molecule has 1 fully saturated rings. The normalized spacial score (nSPS) is 19.4. The van der Waals surface area contributed by atoms with Crippen LogP contribution < -0.4 is 14.8 Å². The highest BCUT2D eigenvalue weighted by Gasteiger charge is 2.23. The zero-order valence-electron chi connectivity index (χ0n) is 18.7. The Morgan fingerprint density at radius 3 is 2.76 bits per heavy atom. The van der Waals surface area contributed by atoms with Gasteiger partial charge in [0, 0.05) is 11.6 Å². The molecular formula is C25H28N4O3S. The number of rotatable bonds is 7. The van der Waals surface area contributed by atoms with Gasteiger partial charge in [0.1, 0.15) is 0 Å². The van der Waals surface area contributed by atoms with Gasteiger partial charge in [-0.15, -0.1) is 10.2 Å². The number of hydrogen-bond acceptors (Lipinski definition) is 6. The molecule has 1 saturated carbocycles. The van der Waals surface area contributed by atoms with Crippen molar-refractivity contribution in [3.8, 4) is 22.9 Å². The maximum absolute atomic E-state index is 12.7. The van der Waals surface area contributed by atoms with Crippen LogP contribution in [-0.4, -0.2) is 39.3 Å². The molecular weight excluding hydrogens is 436 g/mol. The van der Waals surface area contributed by atoms with Crippen LogP contribution in [0.4, 0.5) is 0 Å². The van der Waals surface area contributed by atoms with Crippen molar-refractivity contribution in [1.82, 2.24) is 20.1 Å². The maximum atomic E-state index is 12.7. The van der Waals surface area contributed by atoms with Gasteiger partial charge >= 0.3 is 0 Å². The van der Waals surface area contributed by atoms with Crippen LogP contribution in [0, 0.1) is 5.92 Å². The molecule has 3 aromatic rings. The number of ether oxygens (including phenoxy) is 2. The van der Waals surface area contributed by atoms with Crippen LogP contribution in [0.25, 0.3) is 11.4 Å². The lowest BCUT2D eigenvalue weighted by Gasteiger charge is -2.29. The summed E-state index contributed by atoms with van der Waals surface area (Å²) in [6, 6.07) is 16.2. The van der Waals surface area contributed by atoms with E-state index in [1.54, 1.807) is 0 Å². The Morgan fingerprint density at radius 2 is 1.91 bits per heavy atom. The molecule has 8 heteroatoms. The van der Waals surface area contributed by atoms with E-state index in [0.717, 1.165) is 40.0 Å². The van der Waals surface area contributed by atoms with Gasteiger partial charge in [-0.1, -0.05) is 67.9 Å². The minimum Gasteiger partial charge on any atom is -0.454 e. The van der Waals surface area contributed by atoms with Crippen LogP contribution in [-0.2, 0) is 11.3 Å². The third-order valence-corrected chi connectivity index (χ3v) is 7.28. The Bertz CT molecular complexity index is 1120. The Kier molecular flexibility index (Phi) is 6.53. The van der Waals surface area contributed by atoms with Crippen molar-refractivity contribution in [2.75, 3.05) is 12.5 Å². The van der Waals surface area contributed by atoms with Gasteiger partial charge in [0.25, 0.3) is 0 Å². The minimum absolute atomic E-state index is 0.0534. The van der Waals surface area contributed by atoms with Gasteiger partial charge in [0.05, 0.1) is 12.3 Å². The number of nitrogens with zero attached hydrogens (tertiary/aromatic N) is 3. The van der Waals surface area contributed by atoms with Crippen molar-refractivity contribution in [3.05, 3.63) is 54.1 Å². The van der Waals surface area contributed by atoms with E-state index in [9.17, 15) is 4.79 Å². The SMILES string of the molecule is CC1CCCCC1NC(=O)CSc1nnc(-c2ccccc2)n1Cc1ccc2c(c1)OCO2. The predicted octanol–water partition coefficient (Wildman–Crippen LogP) is 4.51. The molecule has 2 aromatic carbocycles. The number of amides is 1. The minimum atomic E-state index is 0.0534. The molecule has 1 N–H and O–H groups in total. The van der Waals surface area contributed by atoms with Crippen LogP contribution >= 0.6 is 11.8 Å². The van der Waals surface area contributed by atoms with E-state index in [-0.39, 0.29) is 18.7 Å². The molecule has 1 aliphatic heterocycles. The molecule has 1 aliphatic carbocycles. The highest BCUT2D eigenvalue weighted by atomic mass is 32.2. The second-order valence-corrected chi connectivity index (χ2v) is 9.61. The lowest BCUT2D eigenvalue weighted by molar-refractivity contribution is -0.119. The van der Waals surface area contributed by atoms with Crippen LogP contribution in [0.2, 0.25) is 0 Å². The Morgan fingerprint density at radius 1 is 1.09 bits per heavy atom. The number of thioether (sulfide) groups is 1.